The molecule has 1 heterocycles. The van der Waals surface area contributed by atoms with Gasteiger partial charge in [0.2, 0.25) is 0 Å². The van der Waals surface area contributed by atoms with E-state index in [1.807, 2.05) is 19.1 Å². The minimum Gasteiger partial charge on any atom is -0.507 e. The number of carbonyl (C=O) groups excluding carboxylic acids is 2. The van der Waals surface area contributed by atoms with Crippen molar-refractivity contribution in [2.45, 2.75) is 13.0 Å². The lowest BCUT2D eigenvalue weighted by atomic mass is 9.94. The van der Waals surface area contributed by atoms with Crippen LogP contribution in [0.1, 0.15) is 22.7 Å². The number of ketones is 1. The number of carbonyl (C=O) groups is 2. The lowest BCUT2D eigenvalue weighted by Crippen LogP contribution is -2.36. The summed E-state index contributed by atoms with van der Waals surface area (Å²) in [5.74, 6) is -0.705. The number of hydrogen-bond acceptors (Lipinski definition) is 7. The summed E-state index contributed by atoms with van der Waals surface area (Å²) in [6.07, 6.45) is 0. The molecule has 1 fully saturated rings. The molecule has 0 bridgehead atoms. The summed E-state index contributed by atoms with van der Waals surface area (Å²) in [6, 6.07) is 11.4. The molecule has 1 aliphatic heterocycles. The highest BCUT2D eigenvalue weighted by atomic mass is 16.5. The van der Waals surface area contributed by atoms with Gasteiger partial charge >= 0.3 is 0 Å². The van der Waals surface area contributed by atoms with Crippen molar-refractivity contribution in [2.24, 2.45) is 0 Å². The number of hydrogen-bond donors (Lipinski definition) is 3. The lowest BCUT2D eigenvalue weighted by molar-refractivity contribution is -0.139. The number of likely N-dealkylation sites (tertiary alicyclic amines) is 1. The quantitative estimate of drug-likeness (QED) is 0.237. The average Bonchev–Trinajstić information content (AvgIpc) is 3.06. The molecule has 1 saturated heterocycles. The predicted molar refractivity (Wildman–Crippen MR) is 120 cm³/mol. The molecule has 0 aromatic heterocycles. The first-order chi connectivity index (χ1) is 15.4. The third kappa shape index (κ3) is 4.61. The van der Waals surface area contributed by atoms with Gasteiger partial charge in [0, 0.05) is 25.2 Å². The number of methoxy groups -OCH3 is 2. The first-order valence-electron chi connectivity index (χ1n) is 10.3. The Kier molecular flexibility index (Phi) is 7.50. The summed E-state index contributed by atoms with van der Waals surface area (Å²) in [7, 11) is 3.03. The van der Waals surface area contributed by atoms with E-state index in [2.05, 4.69) is 5.32 Å². The molecule has 2 aromatic rings. The molecule has 0 saturated carbocycles. The number of aliphatic hydroxyl groups excluding tert-OH is 2. The number of benzene rings is 2. The molecule has 1 amide bonds. The minimum atomic E-state index is -0.799. The van der Waals surface area contributed by atoms with E-state index in [-0.39, 0.29) is 24.5 Å². The molecule has 1 aliphatic rings. The summed E-state index contributed by atoms with van der Waals surface area (Å²) >= 11 is 0. The molecule has 0 radical (unpaired) electrons. The van der Waals surface area contributed by atoms with Gasteiger partial charge in [-0.1, -0.05) is 35.9 Å². The van der Waals surface area contributed by atoms with Gasteiger partial charge in [0.05, 0.1) is 32.4 Å². The van der Waals surface area contributed by atoms with Crippen LogP contribution in [0.15, 0.2) is 48.0 Å². The van der Waals surface area contributed by atoms with Crippen LogP contribution in [-0.4, -0.2) is 67.3 Å². The molecule has 3 rings (SSSR count). The smallest absolute Gasteiger partial charge is 0.295 e. The fraction of sp³-hybridized carbons (Fsp3) is 0.333. The number of rotatable bonds is 9. The standard InChI is InChI=1S/C24H28N2O6/c1-15-4-6-16(7-5-15)22(28)20-21(17-8-9-18(31-2)19(14-17)32-3)26(24(30)23(20)29)12-10-25-11-13-27/h4-9,14,21,25,27-28H,10-13H2,1-3H3/t21-/m1/s1. The number of aliphatic hydroxyl groups is 2. The van der Waals surface area contributed by atoms with Crippen molar-refractivity contribution >= 4 is 17.4 Å². The Labute approximate surface area is 187 Å². The van der Waals surface area contributed by atoms with Crippen LogP contribution < -0.4 is 14.8 Å². The predicted octanol–water partition coefficient (Wildman–Crippen LogP) is 2.02. The Bertz CT molecular complexity index is 1020. The van der Waals surface area contributed by atoms with E-state index in [4.69, 9.17) is 14.6 Å². The van der Waals surface area contributed by atoms with Crippen LogP contribution in [0.5, 0.6) is 11.5 Å². The van der Waals surface area contributed by atoms with Crippen molar-refractivity contribution in [3.8, 4) is 11.5 Å². The van der Waals surface area contributed by atoms with E-state index in [1.165, 1.54) is 19.1 Å². The van der Waals surface area contributed by atoms with Crippen molar-refractivity contribution in [2.75, 3.05) is 40.5 Å². The SMILES string of the molecule is COc1ccc([C@@H]2C(=C(O)c3ccc(C)cc3)C(=O)C(=O)N2CCNCCO)cc1OC. The summed E-state index contributed by atoms with van der Waals surface area (Å²) in [6.45, 7) is 2.85. The second-order valence-electron chi connectivity index (χ2n) is 7.45. The molecule has 0 aliphatic carbocycles. The first-order valence-corrected chi connectivity index (χ1v) is 10.3. The molecule has 0 spiro atoms. The zero-order valence-corrected chi connectivity index (χ0v) is 18.4. The first kappa shape index (κ1) is 23.3. The van der Waals surface area contributed by atoms with Gasteiger partial charge in [0.25, 0.3) is 11.7 Å². The molecule has 3 N–H and O–H groups in total. The number of amides is 1. The van der Waals surface area contributed by atoms with Crippen molar-refractivity contribution in [1.29, 1.82) is 0 Å². The van der Waals surface area contributed by atoms with Gasteiger partial charge in [-0.25, -0.2) is 0 Å². The van der Waals surface area contributed by atoms with Gasteiger partial charge in [-0.05, 0) is 24.6 Å². The normalized spacial score (nSPS) is 17.6. The van der Waals surface area contributed by atoms with E-state index in [0.29, 0.717) is 35.7 Å². The van der Waals surface area contributed by atoms with Crippen LogP contribution >= 0.6 is 0 Å². The maximum absolute atomic E-state index is 13.0. The van der Waals surface area contributed by atoms with Crippen LogP contribution in [0, 0.1) is 6.92 Å². The summed E-state index contributed by atoms with van der Waals surface area (Å²) < 4.78 is 10.7. The van der Waals surface area contributed by atoms with Crippen LogP contribution in [0.25, 0.3) is 5.76 Å². The number of Topliss-reactive ketones (excluding diaryl/α,β-unsaturated/α-hetero) is 1. The van der Waals surface area contributed by atoms with E-state index >= 15 is 0 Å². The Morgan fingerprint density at radius 1 is 1.03 bits per heavy atom. The minimum absolute atomic E-state index is 0.0215. The molecular weight excluding hydrogens is 412 g/mol. The molecule has 32 heavy (non-hydrogen) atoms. The van der Waals surface area contributed by atoms with Gasteiger partial charge in [0.1, 0.15) is 5.76 Å². The largest absolute Gasteiger partial charge is 0.507 e. The number of ether oxygens (including phenoxy) is 2. The van der Waals surface area contributed by atoms with E-state index in [0.717, 1.165) is 5.56 Å². The van der Waals surface area contributed by atoms with Crippen LogP contribution in [-0.2, 0) is 9.59 Å². The zero-order valence-electron chi connectivity index (χ0n) is 18.4. The van der Waals surface area contributed by atoms with Crippen LogP contribution in [0.4, 0.5) is 0 Å². The van der Waals surface area contributed by atoms with E-state index < -0.39 is 17.7 Å². The highest BCUT2D eigenvalue weighted by molar-refractivity contribution is 6.46. The Morgan fingerprint density at radius 3 is 2.34 bits per heavy atom. The molecule has 1 atom stereocenters. The molecule has 2 aromatic carbocycles. The Hall–Kier alpha value is -3.36. The molecule has 8 nitrogen and oxygen atoms in total. The second kappa shape index (κ2) is 10.3. The number of nitrogens with one attached hydrogen (secondary N) is 1. The summed E-state index contributed by atoms with van der Waals surface area (Å²) in [5, 5.41) is 23.1. The maximum atomic E-state index is 13.0. The molecular formula is C24H28N2O6. The molecule has 0 unspecified atom stereocenters. The van der Waals surface area contributed by atoms with E-state index in [1.54, 1.807) is 30.3 Å². The third-order valence-corrected chi connectivity index (χ3v) is 5.41. The monoisotopic (exact) mass is 440 g/mol. The van der Waals surface area contributed by atoms with Gasteiger partial charge in [-0.2, -0.15) is 0 Å². The van der Waals surface area contributed by atoms with Gasteiger partial charge in [-0.3, -0.25) is 9.59 Å². The average molecular weight is 440 g/mol. The fourth-order valence-corrected chi connectivity index (χ4v) is 3.75. The topological polar surface area (TPSA) is 108 Å². The summed E-state index contributed by atoms with van der Waals surface area (Å²) in [4.78, 5) is 27.4. The zero-order chi connectivity index (χ0) is 23.3. The fourth-order valence-electron chi connectivity index (χ4n) is 3.75. The van der Waals surface area contributed by atoms with Crippen molar-refractivity contribution < 1.29 is 29.3 Å². The van der Waals surface area contributed by atoms with Crippen molar-refractivity contribution in [3.63, 3.8) is 0 Å². The highest BCUT2D eigenvalue weighted by Crippen LogP contribution is 2.41. The third-order valence-electron chi connectivity index (χ3n) is 5.41. The lowest BCUT2D eigenvalue weighted by Gasteiger charge is -2.26. The van der Waals surface area contributed by atoms with Gasteiger partial charge < -0.3 is 29.9 Å². The number of aryl methyl sites for hydroxylation is 1. The van der Waals surface area contributed by atoms with Crippen LogP contribution in [0.2, 0.25) is 0 Å². The van der Waals surface area contributed by atoms with Crippen molar-refractivity contribution in [3.05, 3.63) is 64.7 Å². The molecule has 8 heteroatoms. The Morgan fingerprint density at radius 2 is 1.72 bits per heavy atom. The van der Waals surface area contributed by atoms with E-state index in [9.17, 15) is 14.7 Å². The summed E-state index contributed by atoms with van der Waals surface area (Å²) in [5.41, 5.74) is 2.09. The number of nitrogens with zero attached hydrogens (tertiary/aromatic N) is 1. The molecule has 170 valence electrons. The van der Waals surface area contributed by atoms with Gasteiger partial charge in [-0.15, -0.1) is 0 Å². The van der Waals surface area contributed by atoms with Crippen molar-refractivity contribution in [1.82, 2.24) is 10.2 Å². The maximum Gasteiger partial charge on any atom is 0.295 e. The van der Waals surface area contributed by atoms with Gasteiger partial charge in [0.15, 0.2) is 11.5 Å². The highest BCUT2D eigenvalue weighted by Gasteiger charge is 2.46. The second-order valence-corrected chi connectivity index (χ2v) is 7.45. The van der Waals surface area contributed by atoms with Crippen LogP contribution in [0.3, 0.4) is 0 Å². The Balaban J connectivity index is 2.11.